The maximum atomic E-state index is 12.3. The summed E-state index contributed by atoms with van der Waals surface area (Å²) in [5.41, 5.74) is 8.35. The van der Waals surface area contributed by atoms with Crippen LogP contribution in [-0.2, 0) is 16.5 Å². The van der Waals surface area contributed by atoms with Crippen LogP contribution in [0, 0.1) is 6.92 Å². The maximum Gasteiger partial charge on any atom is 0.534 e. The minimum atomic E-state index is -5.67. The molecule has 0 fully saturated rings. The van der Waals surface area contributed by atoms with Crippen LogP contribution >= 0.6 is 0 Å². The van der Waals surface area contributed by atoms with Gasteiger partial charge in [-0.25, -0.2) is 4.98 Å². The van der Waals surface area contributed by atoms with E-state index in [-0.39, 0.29) is 11.9 Å². The molecule has 0 saturated heterocycles. The average molecular weight is 418 g/mol. The molecule has 0 saturated carbocycles. The lowest BCUT2D eigenvalue weighted by molar-refractivity contribution is -0.0500. The number of benzene rings is 1. The van der Waals surface area contributed by atoms with Gasteiger partial charge in [-0.3, -0.25) is 0 Å². The van der Waals surface area contributed by atoms with Crippen LogP contribution in [0.5, 0.6) is 5.75 Å². The molecule has 1 unspecified atom stereocenters. The molecule has 4 N–H and O–H groups in total. The van der Waals surface area contributed by atoms with E-state index >= 15 is 0 Å². The van der Waals surface area contributed by atoms with Crippen LogP contribution in [0.4, 0.5) is 24.9 Å². The third kappa shape index (κ3) is 5.24. The van der Waals surface area contributed by atoms with Gasteiger partial charge in [0, 0.05) is 11.3 Å². The summed E-state index contributed by atoms with van der Waals surface area (Å²) in [5.74, 6) is 0.173. The fourth-order valence-corrected chi connectivity index (χ4v) is 3.19. The fourth-order valence-electron chi connectivity index (χ4n) is 2.73. The minimum absolute atomic E-state index is 0.0875. The van der Waals surface area contributed by atoms with Crippen molar-refractivity contribution in [2.24, 2.45) is 0 Å². The number of hydrogen-bond acceptors (Lipinski definition) is 7. The molecule has 0 aliphatic rings. The molecule has 7 nitrogen and oxygen atoms in total. The first-order valence-corrected chi connectivity index (χ1v) is 9.80. The highest BCUT2D eigenvalue weighted by molar-refractivity contribution is 7.88. The Labute approximate surface area is 161 Å². The zero-order valence-electron chi connectivity index (χ0n) is 15.3. The van der Waals surface area contributed by atoms with Gasteiger partial charge in [0.25, 0.3) is 0 Å². The third-order valence-electron chi connectivity index (χ3n) is 4.27. The van der Waals surface area contributed by atoms with E-state index < -0.39 is 21.4 Å². The van der Waals surface area contributed by atoms with Crippen molar-refractivity contribution in [1.29, 1.82) is 0 Å². The Morgan fingerprint density at radius 2 is 1.75 bits per heavy atom. The number of aryl methyl sites for hydroxylation is 1. The van der Waals surface area contributed by atoms with Crippen LogP contribution in [0.15, 0.2) is 24.3 Å². The fraction of sp³-hybridized carbons (Fsp3) is 0.412. The van der Waals surface area contributed by atoms with Gasteiger partial charge in [-0.2, -0.15) is 26.6 Å². The lowest BCUT2D eigenvalue weighted by Crippen LogP contribution is -2.28. The predicted octanol–water partition coefficient (Wildman–Crippen LogP) is 3.30. The summed E-state index contributed by atoms with van der Waals surface area (Å²) in [4.78, 5) is 8.04. The van der Waals surface area contributed by atoms with E-state index in [1.165, 1.54) is 24.3 Å². The third-order valence-corrected chi connectivity index (χ3v) is 5.24. The number of aromatic nitrogens is 2. The van der Waals surface area contributed by atoms with Crippen molar-refractivity contribution in [2.75, 3.05) is 11.5 Å². The zero-order chi connectivity index (χ0) is 21.1. The lowest BCUT2D eigenvalue weighted by atomic mass is 9.94. The van der Waals surface area contributed by atoms with Crippen molar-refractivity contribution in [3.05, 3.63) is 41.1 Å². The number of nitrogens with zero attached hydrogens (tertiary/aromatic N) is 2. The van der Waals surface area contributed by atoms with Gasteiger partial charge in [0.2, 0.25) is 5.95 Å². The Bertz CT molecular complexity index is 909. The summed E-state index contributed by atoms with van der Waals surface area (Å²) in [6, 6.07) is 5.48. The van der Waals surface area contributed by atoms with Gasteiger partial charge in [-0.05, 0) is 49.8 Å². The number of rotatable bonds is 7. The van der Waals surface area contributed by atoms with Gasteiger partial charge >= 0.3 is 15.6 Å². The first-order chi connectivity index (χ1) is 12.9. The second kappa shape index (κ2) is 8.21. The summed E-state index contributed by atoms with van der Waals surface area (Å²) >= 11 is 0. The quantitative estimate of drug-likeness (QED) is 0.523. The second-order valence-corrected chi connectivity index (χ2v) is 7.91. The van der Waals surface area contributed by atoms with E-state index in [1.807, 2.05) is 6.92 Å². The van der Waals surface area contributed by atoms with Crippen LogP contribution in [0.25, 0.3) is 0 Å². The molecule has 28 heavy (non-hydrogen) atoms. The summed E-state index contributed by atoms with van der Waals surface area (Å²) in [6.07, 6.45) is 2.21. The van der Waals surface area contributed by atoms with Gasteiger partial charge in [0.05, 0.1) is 0 Å². The molecule has 0 amide bonds. The van der Waals surface area contributed by atoms with Crippen LogP contribution in [0.3, 0.4) is 0 Å². The van der Waals surface area contributed by atoms with Gasteiger partial charge in [-0.1, -0.05) is 19.1 Å². The maximum absolute atomic E-state index is 12.3. The smallest absolute Gasteiger partial charge is 0.383 e. The minimum Gasteiger partial charge on any atom is -0.383 e. The molecule has 2 rings (SSSR count). The van der Waals surface area contributed by atoms with Gasteiger partial charge in [0.1, 0.15) is 11.6 Å². The number of hydrogen-bond donors (Lipinski definition) is 2. The second-order valence-electron chi connectivity index (χ2n) is 6.38. The van der Waals surface area contributed by atoms with Gasteiger partial charge in [0.15, 0.2) is 0 Å². The van der Waals surface area contributed by atoms with E-state index in [9.17, 15) is 21.6 Å². The Balaban J connectivity index is 1.96. The van der Waals surface area contributed by atoms with Crippen LogP contribution < -0.4 is 15.7 Å². The largest absolute Gasteiger partial charge is 0.534 e. The Hall–Kier alpha value is -2.56. The lowest BCUT2D eigenvalue weighted by Gasteiger charge is -2.14. The Kier molecular flexibility index (Phi) is 6.37. The van der Waals surface area contributed by atoms with Crippen molar-refractivity contribution >= 4 is 21.9 Å². The van der Waals surface area contributed by atoms with E-state index in [0.29, 0.717) is 12.2 Å². The van der Waals surface area contributed by atoms with Crippen molar-refractivity contribution in [3.8, 4) is 5.75 Å². The van der Waals surface area contributed by atoms with Gasteiger partial charge in [-0.15, -0.1) is 0 Å². The van der Waals surface area contributed by atoms with Crippen LogP contribution in [0.2, 0.25) is 0 Å². The number of halogens is 3. The first kappa shape index (κ1) is 21.7. The molecule has 1 atom stereocenters. The standard InChI is InChI=1S/C17H21F3N4O3S/c1-10(4-3-5-14-11(2)23-16(22)24-15(14)21)12-6-8-13(9-7-12)27-28(25,26)17(18,19)20/h6-10H,3-5H2,1-2H3,(H4,21,22,23,24). The summed E-state index contributed by atoms with van der Waals surface area (Å²) < 4.78 is 63.2. The number of nitrogens with two attached hydrogens (primary N) is 2. The number of anilines is 2. The molecule has 0 aliphatic carbocycles. The molecular formula is C17H21F3N4O3S. The van der Waals surface area contributed by atoms with E-state index in [4.69, 9.17) is 11.5 Å². The monoisotopic (exact) mass is 418 g/mol. The van der Waals surface area contributed by atoms with Crippen molar-refractivity contribution in [2.45, 2.75) is 44.5 Å². The van der Waals surface area contributed by atoms with Gasteiger partial charge < -0.3 is 15.7 Å². The molecule has 1 aromatic carbocycles. The van der Waals surface area contributed by atoms with Crippen LogP contribution in [0.1, 0.15) is 42.5 Å². The molecule has 1 aromatic heterocycles. The molecule has 0 spiro atoms. The van der Waals surface area contributed by atoms with Crippen molar-refractivity contribution < 1.29 is 25.8 Å². The van der Waals surface area contributed by atoms with Crippen LogP contribution in [-0.4, -0.2) is 23.9 Å². The zero-order valence-corrected chi connectivity index (χ0v) is 16.1. The summed E-state index contributed by atoms with van der Waals surface area (Å²) in [5, 5.41) is 0. The highest BCUT2D eigenvalue weighted by Crippen LogP contribution is 2.29. The molecule has 1 heterocycles. The summed E-state index contributed by atoms with van der Waals surface area (Å²) in [7, 11) is -5.67. The topological polar surface area (TPSA) is 121 Å². The summed E-state index contributed by atoms with van der Waals surface area (Å²) in [6.45, 7) is 3.76. The highest BCUT2D eigenvalue weighted by atomic mass is 32.2. The Morgan fingerprint density at radius 1 is 1.14 bits per heavy atom. The number of alkyl halides is 3. The normalized spacial score (nSPS) is 13.3. The molecule has 154 valence electrons. The first-order valence-electron chi connectivity index (χ1n) is 8.40. The molecule has 2 aromatic rings. The average Bonchev–Trinajstić information content (AvgIpc) is 2.56. The predicted molar refractivity (Wildman–Crippen MR) is 99.0 cm³/mol. The van der Waals surface area contributed by atoms with E-state index in [2.05, 4.69) is 14.2 Å². The van der Waals surface area contributed by atoms with Crippen molar-refractivity contribution in [3.63, 3.8) is 0 Å². The number of nitrogen functional groups attached to an aromatic ring is 2. The van der Waals surface area contributed by atoms with Crippen molar-refractivity contribution in [1.82, 2.24) is 9.97 Å². The highest BCUT2D eigenvalue weighted by Gasteiger charge is 2.48. The molecule has 0 bridgehead atoms. The molecule has 0 aliphatic heterocycles. The molecular weight excluding hydrogens is 397 g/mol. The Morgan fingerprint density at radius 3 is 2.29 bits per heavy atom. The SMILES string of the molecule is Cc1nc(N)nc(N)c1CCCC(C)c1ccc(OS(=O)(=O)C(F)(F)F)cc1. The molecule has 0 radical (unpaired) electrons. The van der Waals surface area contributed by atoms with E-state index in [0.717, 1.165) is 29.7 Å². The van der Waals surface area contributed by atoms with E-state index in [1.54, 1.807) is 6.92 Å². The molecule has 11 heteroatoms.